The van der Waals surface area contributed by atoms with Gasteiger partial charge in [0.05, 0.1) is 12.7 Å². The Bertz CT molecular complexity index is 567. The van der Waals surface area contributed by atoms with Crippen LogP contribution >= 0.6 is 0 Å². The van der Waals surface area contributed by atoms with Gasteiger partial charge in [0, 0.05) is 12.6 Å². The maximum absolute atomic E-state index is 12.4. The summed E-state index contributed by atoms with van der Waals surface area (Å²) in [6.45, 7) is 0.387. The van der Waals surface area contributed by atoms with Crippen LogP contribution in [0, 0.1) is 0 Å². The van der Waals surface area contributed by atoms with Crippen molar-refractivity contribution in [3.63, 3.8) is 0 Å². The zero-order valence-corrected chi connectivity index (χ0v) is 10.7. The molecule has 0 unspecified atom stereocenters. The van der Waals surface area contributed by atoms with E-state index in [0.29, 0.717) is 18.2 Å². The molecule has 0 radical (unpaired) electrons. The van der Waals surface area contributed by atoms with Gasteiger partial charge < -0.3 is 10.1 Å². The standard InChI is InChI=1S/C14H13F3N2O/c1-20-13-4-2-3-12(19-13)18-9-10-5-7-11(8-6-10)14(15,16)17/h2-8H,9H2,1H3,(H,18,19). The lowest BCUT2D eigenvalue weighted by atomic mass is 10.1. The average molecular weight is 282 g/mol. The molecule has 0 saturated carbocycles. The number of aromatic nitrogens is 1. The van der Waals surface area contributed by atoms with Crippen molar-refractivity contribution in [2.45, 2.75) is 12.7 Å². The van der Waals surface area contributed by atoms with E-state index in [2.05, 4.69) is 10.3 Å². The van der Waals surface area contributed by atoms with Gasteiger partial charge >= 0.3 is 6.18 Å². The fourth-order valence-corrected chi connectivity index (χ4v) is 1.63. The predicted molar refractivity (Wildman–Crippen MR) is 69.6 cm³/mol. The largest absolute Gasteiger partial charge is 0.481 e. The first kappa shape index (κ1) is 14.2. The van der Waals surface area contributed by atoms with Crippen LogP contribution in [0.2, 0.25) is 0 Å². The summed E-state index contributed by atoms with van der Waals surface area (Å²) in [5.41, 5.74) is 0.0865. The van der Waals surface area contributed by atoms with Gasteiger partial charge in [-0.1, -0.05) is 18.2 Å². The average Bonchev–Trinajstić information content (AvgIpc) is 2.45. The minimum absolute atomic E-state index is 0.387. The van der Waals surface area contributed by atoms with E-state index in [0.717, 1.165) is 17.7 Å². The molecule has 0 saturated heterocycles. The minimum Gasteiger partial charge on any atom is -0.481 e. The number of hydrogen-bond acceptors (Lipinski definition) is 3. The van der Waals surface area contributed by atoms with Gasteiger partial charge in [-0.3, -0.25) is 0 Å². The van der Waals surface area contributed by atoms with E-state index in [4.69, 9.17) is 4.74 Å². The van der Waals surface area contributed by atoms with E-state index in [1.54, 1.807) is 18.2 Å². The molecule has 1 N–H and O–H groups in total. The second-order valence-electron chi connectivity index (χ2n) is 4.11. The minimum atomic E-state index is -4.31. The number of nitrogens with zero attached hydrogens (tertiary/aromatic N) is 1. The number of hydrogen-bond donors (Lipinski definition) is 1. The molecule has 0 aliphatic heterocycles. The molecule has 0 spiro atoms. The summed E-state index contributed by atoms with van der Waals surface area (Å²) < 4.78 is 42.2. The third-order valence-electron chi connectivity index (χ3n) is 2.69. The summed E-state index contributed by atoms with van der Waals surface area (Å²) in [5, 5.41) is 3.02. The van der Waals surface area contributed by atoms with Crippen LogP contribution in [0.4, 0.5) is 19.0 Å². The highest BCUT2D eigenvalue weighted by molar-refractivity contribution is 5.38. The summed E-state index contributed by atoms with van der Waals surface area (Å²) in [5.74, 6) is 1.08. The SMILES string of the molecule is COc1cccc(NCc2ccc(C(F)(F)F)cc2)n1. The number of alkyl halides is 3. The molecule has 0 atom stereocenters. The van der Waals surface area contributed by atoms with Crippen molar-refractivity contribution in [1.82, 2.24) is 4.98 Å². The van der Waals surface area contributed by atoms with Crippen LogP contribution < -0.4 is 10.1 Å². The number of rotatable bonds is 4. The van der Waals surface area contributed by atoms with Crippen molar-refractivity contribution in [3.05, 3.63) is 53.6 Å². The summed E-state index contributed by atoms with van der Waals surface area (Å²) >= 11 is 0. The molecule has 0 amide bonds. The number of methoxy groups -OCH3 is 1. The molecule has 20 heavy (non-hydrogen) atoms. The van der Waals surface area contributed by atoms with E-state index in [1.807, 2.05) is 0 Å². The van der Waals surface area contributed by atoms with Crippen molar-refractivity contribution < 1.29 is 17.9 Å². The van der Waals surface area contributed by atoms with E-state index < -0.39 is 11.7 Å². The monoisotopic (exact) mass is 282 g/mol. The lowest BCUT2D eigenvalue weighted by Crippen LogP contribution is -2.06. The fourth-order valence-electron chi connectivity index (χ4n) is 1.63. The first-order chi connectivity index (χ1) is 9.49. The summed E-state index contributed by atoms with van der Waals surface area (Å²) in [4.78, 5) is 4.15. The maximum Gasteiger partial charge on any atom is 0.416 e. The van der Waals surface area contributed by atoms with Crippen molar-refractivity contribution in [2.24, 2.45) is 0 Å². The Morgan fingerprint density at radius 3 is 2.40 bits per heavy atom. The fraction of sp³-hybridized carbons (Fsp3) is 0.214. The maximum atomic E-state index is 12.4. The third kappa shape index (κ3) is 3.63. The highest BCUT2D eigenvalue weighted by Crippen LogP contribution is 2.29. The molecule has 1 heterocycles. The second kappa shape index (κ2) is 5.81. The number of halogens is 3. The van der Waals surface area contributed by atoms with E-state index in [-0.39, 0.29) is 0 Å². The summed E-state index contributed by atoms with van der Waals surface area (Å²) in [6.07, 6.45) is -4.31. The molecule has 1 aromatic heterocycles. The van der Waals surface area contributed by atoms with Gasteiger partial charge in [-0.25, -0.2) is 0 Å². The van der Waals surface area contributed by atoms with Crippen LogP contribution in [0.25, 0.3) is 0 Å². The molecule has 0 fully saturated rings. The number of pyridine rings is 1. The quantitative estimate of drug-likeness (QED) is 0.928. The van der Waals surface area contributed by atoms with Crippen LogP contribution in [-0.4, -0.2) is 12.1 Å². The smallest absolute Gasteiger partial charge is 0.416 e. The normalized spacial score (nSPS) is 11.2. The molecule has 0 bridgehead atoms. The molecule has 0 aliphatic carbocycles. The van der Waals surface area contributed by atoms with Gasteiger partial charge in [-0.15, -0.1) is 0 Å². The lowest BCUT2D eigenvalue weighted by Gasteiger charge is -2.09. The van der Waals surface area contributed by atoms with Crippen molar-refractivity contribution in [1.29, 1.82) is 0 Å². The predicted octanol–water partition coefficient (Wildman–Crippen LogP) is 3.72. The zero-order chi connectivity index (χ0) is 14.6. The number of anilines is 1. The number of ether oxygens (including phenoxy) is 1. The highest BCUT2D eigenvalue weighted by Gasteiger charge is 2.29. The van der Waals surface area contributed by atoms with Gasteiger partial charge in [0.15, 0.2) is 0 Å². The Balaban J connectivity index is 2.00. The first-order valence-electron chi connectivity index (χ1n) is 5.90. The van der Waals surface area contributed by atoms with Gasteiger partial charge in [0.25, 0.3) is 0 Å². The molecule has 2 rings (SSSR count). The van der Waals surface area contributed by atoms with E-state index in [9.17, 15) is 13.2 Å². The molecule has 6 heteroatoms. The Labute approximate surface area is 114 Å². The molecule has 1 aromatic carbocycles. The number of nitrogens with one attached hydrogen (secondary N) is 1. The Morgan fingerprint density at radius 1 is 1.10 bits per heavy atom. The first-order valence-corrected chi connectivity index (χ1v) is 5.90. The van der Waals surface area contributed by atoms with Crippen molar-refractivity contribution in [2.75, 3.05) is 12.4 Å². The third-order valence-corrected chi connectivity index (χ3v) is 2.69. The second-order valence-corrected chi connectivity index (χ2v) is 4.11. The van der Waals surface area contributed by atoms with Gasteiger partial charge in [-0.05, 0) is 23.8 Å². The molecule has 2 aromatic rings. The Kier molecular flexibility index (Phi) is 4.12. The molecule has 0 aliphatic rings. The van der Waals surface area contributed by atoms with E-state index in [1.165, 1.54) is 19.2 Å². The molecule has 106 valence electrons. The zero-order valence-electron chi connectivity index (χ0n) is 10.7. The highest BCUT2D eigenvalue weighted by atomic mass is 19.4. The van der Waals surface area contributed by atoms with Gasteiger partial charge in [-0.2, -0.15) is 18.2 Å². The van der Waals surface area contributed by atoms with Crippen molar-refractivity contribution >= 4 is 5.82 Å². The van der Waals surface area contributed by atoms with Crippen LogP contribution in [0.1, 0.15) is 11.1 Å². The summed E-state index contributed by atoms with van der Waals surface area (Å²) in [6, 6.07) is 10.3. The molecule has 3 nitrogen and oxygen atoms in total. The van der Waals surface area contributed by atoms with Gasteiger partial charge in [0.2, 0.25) is 5.88 Å². The molecular formula is C14H13F3N2O. The van der Waals surface area contributed by atoms with E-state index >= 15 is 0 Å². The molecular weight excluding hydrogens is 269 g/mol. The topological polar surface area (TPSA) is 34.1 Å². The Morgan fingerprint density at radius 2 is 1.80 bits per heavy atom. The summed E-state index contributed by atoms with van der Waals surface area (Å²) in [7, 11) is 1.52. The van der Waals surface area contributed by atoms with Crippen LogP contribution in [-0.2, 0) is 12.7 Å². The van der Waals surface area contributed by atoms with Crippen LogP contribution in [0.3, 0.4) is 0 Å². The lowest BCUT2D eigenvalue weighted by molar-refractivity contribution is -0.137. The Hall–Kier alpha value is -2.24. The van der Waals surface area contributed by atoms with Crippen LogP contribution in [0.15, 0.2) is 42.5 Å². The van der Waals surface area contributed by atoms with Gasteiger partial charge in [0.1, 0.15) is 5.82 Å². The number of benzene rings is 1. The van der Waals surface area contributed by atoms with Crippen LogP contribution in [0.5, 0.6) is 5.88 Å². The van der Waals surface area contributed by atoms with Crippen molar-refractivity contribution in [3.8, 4) is 5.88 Å².